The van der Waals surface area contributed by atoms with Gasteiger partial charge < -0.3 is 9.13 Å². The molecule has 0 saturated heterocycles. The molecule has 262 valence electrons. The Labute approximate surface area is 320 Å². The van der Waals surface area contributed by atoms with Crippen molar-refractivity contribution in [3.8, 4) is 11.1 Å². The SMILES string of the molecule is ClCCl.ClCCl.O=P(Cc1cccc2c1S(=O)(=O)c1c(CP(=O)(c3ccccc3)c3ccccc3)cccc1-2)(c1ccccc1)c1ccccc1. The maximum Gasteiger partial charge on any atom is 0.208 e. The highest BCUT2D eigenvalue weighted by atomic mass is 35.5. The largest absolute Gasteiger partial charge is 0.313 e. The highest BCUT2D eigenvalue weighted by molar-refractivity contribution is 7.92. The fraction of sp³-hybridized carbons (Fsp3) is 0.100. The molecule has 0 radical (unpaired) electrons. The highest BCUT2D eigenvalue weighted by Crippen LogP contribution is 2.55. The molecule has 1 aliphatic heterocycles. The van der Waals surface area contributed by atoms with Crippen LogP contribution in [0.2, 0.25) is 0 Å². The smallest absolute Gasteiger partial charge is 0.208 e. The van der Waals surface area contributed by atoms with E-state index in [9.17, 15) is 8.42 Å². The molecule has 0 atom stereocenters. The van der Waals surface area contributed by atoms with Crippen molar-refractivity contribution in [2.45, 2.75) is 22.1 Å². The van der Waals surface area contributed by atoms with Gasteiger partial charge in [0.1, 0.15) is 14.3 Å². The second kappa shape index (κ2) is 17.6. The maximum atomic E-state index is 15.0. The van der Waals surface area contributed by atoms with Crippen molar-refractivity contribution < 1.29 is 17.5 Å². The zero-order chi connectivity index (χ0) is 36.5. The van der Waals surface area contributed by atoms with Crippen LogP contribution in [0.1, 0.15) is 11.1 Å². The average molecular weight is 815 g/mol. The number of sulfone groups is 1. The third kappa shape index (κ3) is 8.27. The first-order chi connectivity index (χ1) is 24.6. The van der Waals surface area contributed by atoms with Crippen LogP contribution >= 0.6 is 60.7 Å². The first-order valence-electron chi connectivity index (χ1n) is 15.8. The fourth-order valence-electron chi connectivity index (χ4n) is 6.40. The molecule has 0 unspecified atom stereocenters. The normalized spacial score (nSPS) is 12.7. The number of fused-ring (bicyclic) bond motifs is 3. The summed E-state index contributed by atoms with van der Waals surface area (Å²) >= 11 is 19.1. The van der Waals surface area contributed by atoms with Crippen molar-refractivity contribution in [2.75, 3.05) is 10.7 Å². The molecule has 0 aromatic heterocycles. The number of hydrogen-bond acceptors (Lipinski definition) is 4. The molecule has 0 saturated carbocycles. The molecule has 7 rings (SSSR count). The summed E-state index contributed by atoms with van der Waals surface area (Å²) in [5, 5.41) is 3.09. The summed E-state index contributed by atoms with van der Waals surface area (Å²) in [7, 11) is -10.6. The van der Waals surface area contributed by atoms with Crippen molar-refractivity contribution in [2.24, 2.45) is 0 Å². The molecule has 0 fully saturated rings. The second-order valence-electron chi connectivity index (χ2n) is 11.4. The topological polar surface area (TPSA) is 68.3 Å². The van der Waals surface area contributed by atoms with Crippen molar-refractivity contribution >= 4 is 91.7 Å². The molecule has 0 bridgehead atoms. The summed E-state index contributed by atoms with van der Waals surface area (Å²) in [6.45, 7) is 0. The first-order valence-corrected chi connectivity index (χ1v) is 23.2. The quantitative estimate of drug-likeness (QED) is 0.113. The Balaban J connectivity index is 0.000000787. The van der Waals surface area contributed by atoms with Crippen molar-refractivity contribution in [1.29, 1.82) is 0 Å². The van der Waals surface area contributed by atoms with E-state index in [0.29, 0.717) is 43.5 Å². The van der Waals surface area contributed by atoms with Crippen LogP contribution in [-0.2, 0) is 31.3 Å². The molecule has 1 heterocycles. The summed E-state index contributed by atoms with van der Waals surface area (Å²) in [5.41, 5.74) is 2.21. The Morgan fingerprint density at radius 3 is 0.902 bits per heavy atom. The predicted octanol–water partition coefficient (Wildman–Crippen LogP) is 10.4. The Morgan fingerprint density at radius 1 is 0.392 bits per heavy atom. The van der Waals surface area contributed by atoms with Crippen LogP contribution < -0.4 is 21.2 Å². The first kappa shape index (κ1) is 39.1. The lowest BCUT2D eigenvalue weighted by Gasteiger charge is -2.21. The van der Waals surface area contributed by atoms with Gasteiger partial charge in [0.15, 0.2) is 0 Å². The second-order valence-corrected chi connectivity index (χ2v) is 20.5. The van der Waals surface area contributed by atoms with Gasteiger partial charge in [0.25, 0.3) is 0 Å². The maximum absolute atomic E-state index is 15.0. The van der Waals surface area contributed by atoms with Gasteiger partial charge in [-0.15, -0.1) is 46.4 Å². The summed E-state index contributed by atoms with van der Waals surface area (Å²) < 4.78 is 59.3. The van der Waals surface area contributed by atoms with Crippen molar-refractivity contribution in [3.63, 3.8) is 0 Å². The summed E-state index contributed by atoms with van der Waals surface area (Å²) in [6, 6.07) is 48.0. The summed E-state index contributed by atoms with van der Waals surface area (Å²) in [4.78, 5) is 0.377. The van der Waals surface area contributed by atoms with E-state index in [1.54, 1.807) is 12.1 Å². The van der Waals surface area contributed by atoms with Crippen LogP contribution in [0.25, 0.3) is 11.1 Å². The van der Waals surface area contributed by atoms with Gasteiger partial charge in [-0.05, 0) is 11.1 Å². The van der Waals surface area contributed by atoms with E-state index >= 15 is 9.13 Å². The van der Waals surface area contributed by atoms with Crippen LogP contribution in [0.5, 0.6) is 0 Å². The molecule has 0 amide bonds. The summed E-state index contributed by atoms with van der Waals surface area (Å²) in [5.74, 6) is 0. The highest BCUT2D eigenvalue weighted by Gasteiger charge is 2.41. The van der Waals surface area contributed by atoms with Gasteiger partial charge >= 0.3 is 0 Å². The Morgan fingerprint density at radius 2 is 0.647 bits per heavy atom. The average Bonchev–Trinajstić information content (AvgIpc) is 3.41. The van der Waals surface area contributed by atoms with Gasteiger partial charge in [-0.1, -0.05) is 158 Å². The van der Waals surface area contributed by atoms with E-state index in [1.165, 1.54) is 0 Å². The third-order valence-electron chi connectivity index (χ3n) is 8.50. The molecule has 4 nitrogen and oxygen atoms in total. The number of alkyl halides is 4. The fourth-order valence-corrected chi connectivity index (χ4v) is 14.1. The lowest BCUT2D eigenvalue weighted by molar-refractivity contribution is 0.585. The Bertz CT molecular complexity index is 2030. The molecular weight excluding hydrogens is 780 g/mol. The molecule has 6 aromatic carbocycles. The minimum Gasteiger partial charge on any atom is -0.313 e. The van der Waals surface area contributed by atoms with Gasteiger partial charge in [-0.25, -0.2) is 8.42 Å². The molecule has 0 aliphatic carbocycles. The van der Waals surface area contributed by atoms with Gasteiger partial charge in [-0.3, -0.25) is 0 Å². The Hall–Kier alpha value is -3.11. The molecule has 6 aromatic rings. The molecular formula is C40H34Cl4O4P2S. The van der Waals surface area contributed by atoms with E-state index in [1.807, 2.05) is 146 Å². The van der Waals surface area contributed by atoms with Crippen LogP contribution in [-0.4, -0.2) is 19.1 Å². The number of hydrogen-bond donors (Lipinski definition) is 0. The minimum absolute atomic E-state index is 0.0548. The van der Waals surface area contributed by atoms with Crippen LogP contribution in [0.4, 0.5) is 0 Å². The lowest BCUT2D eigenvalue weighted by atomic mass is 10.0. The molecule has 51 heavy (non-hydrogen) atoms. The van der Waals surface area contributed by atoms with Gasteiger partial charge in [0, 0.05) is 44.7 Å². The van der Waals surface area contributed by atoms with Crippen LogP contribution in [0, 0.1) is 0 Å². The zero-order valence-corrected chi connectivity index (χ0v) is 32.9. The van der Waals surface area contributed by atoms with Gasteiger partial charge in [0.2, 0.25) is 9.84 Å². The summed E-state index contributed by atoms with van der Waals surface area (Å²) in [6.07, 6.45) is 0.110. The van der Waals surface area contributed by atoms with E-state index in [-0.39, 0.29) is 32.8 Å². The number of halogens is 4. The number of rotatable bonds is 8. The lowest BCUT2D eigenvalue weighted by Crippen LogP contribution is -2.19. The Kier molecular flexibility index (Phi) is 13.5. The van der Waals surface area contributed by atoms with Gasteiger partial charge in [-0.2, -0.15) is 0 Å². The van der Waals surface area contributed by atoms with E-state index in [0.717, 1.165) is 0 Å². The van der Waals surface area contributed by atoms with E-state index in [4.69, 9.17) is 46.4 Å². The zero-order valence-electron chi connectivity index (χ0n) is 27.3. The standard InChI is InChI=1S/C38H30O4P2S.2CH2Cl2/c39-43(31-17-5-1-6-18-31,32-19-7-2-8-20-32)27-29-15-13-25-35-36-26-14-16-30(38(36)45(41,42)37(29)35)28-44(40,33-21-9-3-10-22-33)34-23-11-4-12-24-34;2*2-1-3/h1-26H,27-28H2;2*1H2. The van der Waals surface area contributed by atoms with Gasteiger partial charge in [0.05, 0.1) is 20.5 Å². The van der Waals surface area contributed by atoms with Crippen LogP contribution in [0.3, 0.4) is 0 Å². The molecule has 1 aliphatic rings. The molecule has 0 N–H and O–H groups in total. The third-order valence-corrected chi connectivity index (χ3v) is 16.6. The van der Waals surface area contributed by atoms with Crippen molar-refractivity contribution in [1.82, 2.24) is 0 Å². The molecule has 0 spiro atoms. The minimum atomic E-state index is -4.04. The van der Waals surface area contributed by atoms with E-state index < -0.39 is 24.1 Å². The van der Waals surface area contributed by atoms with E-state index in [2.05, 4.69) is 0 Å². The monoisotopic (exact) mass is 812 g/mol. The molecule has 11 heteroatoms. The number of benzene rings is 6. The van der Waals surface area contributed by atoms with Crippen LogP contribution in [0.15, 0.2) is 168 Å². The van der Waals surface area contributed by atoms with Crippen molar-refractivity contribution in [3.05, 3.63) is 169 Å². The predicted molar refractivity (Wildman–Crippen MR) is 217 cm³/mol.